The molecule has 1 aromatic heterocycles. The molecule has 0 unspecified atom stereocenters. The molecule has 0 aliphatic carbocycles. The molecule has 1 aromatic carbocycles. The second kappa shape index (κ2) is 5.39. The maximum absolute atomic E-state index is 12.2. The van der Waals surface area contributed by atoms with Gasteiger partial charge < -0.3 is 9.47 Å². The lowest BCUT2D eigenvalue weighted by Crippen LogP contribution is -2.24. The summed E-state index contributed by atoms with van der Waals surface area (Å²) in [4.78, 5) is 4.18. The summed E-state index contributed by atoms with van der Waals surface area (Å²) in [5.41, 5.74) is 2.35. The third kappa shape index (κ3) is 2.77. The highest BCUT2D eigenvalue weighted by atomic mass is 32.2. The largest absolute Gasteiger partial charge is 0.486 e. The van der Waals surface area contributed by atoms with Crippen molar-refractivity contribution < 1.29 is 17.9 Å². The number of sulfonamides is 1. The van der Waals surface area contributed by atoms with E-state index < -0.39 is 10.0 Å². The zero-order chi connectivity index (χ0) is 14.0. The van der Waals surface area contributed by atoms with Crippen molar-refractivity contribution in [3.8, 4) is 11.5 Å². The summed E-state index contributed by atoms with van der Waals surface area (Å²) < 4.78 is 37.6. The van der Waals surface area contributed by atoms with Gasteiger partial charge in [0.15, 0.2) is 11.5 Å². The number of fused-ring (bicyclic) bond motifs is 1. The second-order valence-corrected chi connectivity index (χ2v) is 6.60. The Bertz CT molecular complexity index is 698. The number of rotatable bonds is 4. The van der Waals surface area contributed by atoms with Crippen molar-refractivity contribution in [3.05, 3.63) is 34.8 Å². The van der Waals surface area contributed by atoms with Gasteiger partial charge in [-0.25, -0.2) is 18.1 Å². The average Bonchev–Trinajstić information content (AvgIpc) is 2.98. The Labute approximate surface area is 120 Å². The minimum atomic E-state index is -3.59. The maximum Gasteiger partial charge on any atom is 0.241 e. The van der Waals surface area contributed by atoms with Gasteiger partial charge in [0.2, 0.25) is 10.0 Å². The van der Waals surface area contributed by atoms with E-state index in [1.807, 2.05) is 0 Å². The maximum atomic E-state index is 12.2. The second-order valence-electron chi connectivity index (χ2n) is 4.11. The molecular weight excluding hydrogens is 300 g/mol. The van der Waals surface area contributed by atoms with Crippen molar-refractivity contribution in [2.45, 2.75) is 11.4 Å². The van der Waals surface area contributed by atoms with Crippen molar-refractivity contribution in [2.75, 3.05) is 13.2 Å². The Morgan fingerprint density at radius 3 is 2.80 bits per heavy atom. The number of hydrogen-bond donors (Lipinski definition) is 1. The quantitative estimate of drug-likeness (QED) is 0.923. The minimum absolute atomic E-state index is 0.150. The van der Waals surface area contributed by atoms with Crippen molar-refractivity contribution in [1.82, 2.24) is 9.71 Å². The molecule has 0 atom stereocenters. The normalized spacial score (nSPS) is 14.2. The molecule has 0 spiro atoms. The van der Waals surface area contributed by atoms with Gasteiger partial charge >= 0.3 is 0 Å². The van der Waals surface area contributed by atoms with Crippen LogP contribution in [0.5, 0.6) is 11.5 Å². The van der Waals surface area contributed by atoms with Crippen LogP contribution in [0.25, 0.3) is 0 Å². The molecule has 8 heteroatoms. The number of ether oxygens (including phenoxy) is 2. The molecule has 0 saturated carbocycles. The van der Waals surface area contributed by atoms with E-state index in [-0.39, 0.29) is 11.4 Å². The smallest absolute Gasteiger partial charge is 0.241 e. The fraction of sp³-hybridized carbons (Fsp3) is 0.250. The first-order valence-corrected chi connectivity index (χ1v) is 8.34. The summed E-state index contributed by atoms with van der Waals surface area (Å²) in [6, 6.07) is 4.57. The van der Waals surface area contributed by atoms with Gasteiger partial charge in [0, 0.05) is 11.4 Å². The van der Waals surface area contributed by atoms with Crippen LogP contribution in [0.2, 0.25) is 0 Å². The molecule has 0 fully saturated rings. The summed E-state index contributed by atoms with van der Waals surface area (Å²) in [6.07, 6.45) is 0. The Morgan fingerprint density at radius 1 is 1.25 bits per heavy atom. The predicted octanol–water partition coefficient (Wildman–Crippen LogP) is 1.39. The van der Waals surface area contributed by atoms with E-state index in [4.69, 9.17) is 9.47 Å². The Balaban J connectivity index is 1.80. The highest BCUT2D eigenvalue weighted by Gasteiger charge is 2.19. The van der Waals surface area contributed by atoms with E-state index in [2.05, 4.69) is 9.71 Å². The highest BCUT2D eigenvalue weighted by molar-refractivity contribution is 7.89. The van der Waals surface area contributed by atoms with Crippen molar-refractivity contribution in [3.63, 3.8) is 0 Å². The summed E-state index contributed by atoms with van der Waals surface area (Å²) in [5.74, 6) is 1.02. The van der Waals surface area contributed by atoms with Gasteiger partial charge in [0.25, 0.3) is 0 Å². The van der Waals surface area contributed by atoms with E-state index in [1.165, 1.54) is 23.5 Å². The lowest BCUT2D eigenvalue weighted by Gasteiger charge is -2.18. The van der Waals surface area contributed by atoms with E-state index in [9.17, 15) is 8.42 Å². The van der Waals surface area contributed by atoms with Gasteiger partial charge in [0.05, 0.1) is 22.6 Å². The standard InChI is InChI=1S/C12H12N2O4S2/c15-20(16,14-6-9-7-19-8-13-9)10-1-2-11-12(5-10)18-4-3-17-11/h1-2,5,7-8,14H,3-4,6H2. The van der Waals surface area contributed by atoms with Crippen LogP contribution in [0, 0.1) is 0 Å². The van der Waals surface area contributed by atoms with Crippen molar-refractivity contribution in [2.24, 2.45) is 0 Å². The molecule has 3 rings (SSSR count). The number of aromatic nitrogens is 1. The van der Waals surface area contributed by atoms with Gasteiger partial charge in [-0.2, -0.15) is 0 Å². The molecule has 20 heavy (non-hydrogen) atoms. The topological polar surface area (TPSA) is 77.5 Å². The molecule has 0 bridgehead atoms. The Morgan fingerprint density at radius 2 is 2.05 bits per heavy atom. The minimum Gasteiger partial charge on any atom is -0.486 e. The fourth-order valence-electron chi connectivity index (χ4n) is 1.77. The molecule has 1 N–H and O–H groups in total. The van der Waals surface area contributed by atoms with Gasteiger partial charge in [0.1, 0.15) is 13.2 Å². The van der Waals surface area contributed by atoms with Crippen molar-refractivity contribution >= 4 is 21.4 Å². The van der Waals surface area contributed by atoms with Crippen molar-refractivity contribution in [1.29, 1.82) is 0 Å². The fourth-order valence-corrected chi connectivity index (χ4v) is 3.34. The van der Waals surface area contributed by atoms with Crippen LogP contribution in [0.3, 0.4) is 0 Å². The number of nitrogens with zero attached hydrogens (tertiary/aromatic N) is 1. The first-order chi connectivity index (χ1) is 9.65. The molecule has 1 aliphatic heterocycles. The summed E-state index contributed by atoms with van der Waals surface area (Å²) in [7, 11) is -3.59. The Kier molecular flexibility index (Phi) is 3.60. The number of benzene rings is 1. The van der Waals surface area contributed by atoms with Crippen LogP contribution in [0.15, 0.2) is 34.0 Å². The molecular formula is C12H12N2O4S2. The molecule has 2 heterocycles. The van der Waals surface area contributed by atoms with Crippen LogP contribution in [-0.4, -0.2) is 26.6 Å². The third-order valence-electron chi connectivity index (χ3n) is 2.75. The average molecular weight is 312 g/mol. The molecule has 6 nitrogen and oxygen atoms in total. The number of nitrogens with one attached hydrogen (secondary N) is 1. The van der Waals surface area contributed by atoms with Gasteiger partial charge in [-0.15, -0.1) is 11.3 Å². The van der Waals surface area contributed by atoms with E-state index >= 15 is 0 Å². The van der Waals surface area contributed by atoms with Crippen LogP contribution >= 0.6 is 11.3 Å². The lowest BCUT2D eigenvalue weighted by molar-refractivity contribution is 0.171. The molecule has 0 saturated heterocycles. The van der Waals surface area contributed by atoms with E-state index in [1.54, 1.807) is 17.0 Å². The zero-order valence-corrected chi connectivity index (χ0v) is 12.0. The highest BCUT2D eigenvalue weighted by Crippen LogP contribution is 2.32. The van der Waals surface area contributed by atoms with E-state index in [0.717, 1.165) is 0 Å². The van der Waals surface area contributed by atoms with Gasteiger partial charge in [-0.1, -0.05) is 0 Å². The molecule has 0 amide bonds. The predicted molar refractivity (Wildman–Crippen MR) is 73.6 cm³/mol. The summed E-state index contributed by atoms with van der Waals surface area (Å²) >= 11 is 1.42. The first kappa shape index (κ1) is 13.3. The first-order valence-electron chi connectivity index (χ1n) is 5.91. The van der Waals surface area contributed by atoms with Crippen LogP contribution in [0.4, 0.5) is 0 Å². The van der Waals surface area contributed by atoms with Gasteiger partial charge in [-0.3, -0.25) is 0 Å². The third-order valence-corrected chi connectivity index (χ3v) is 4.78. The summed E-state index contributed by atoms with van der Waals surface area (Å²) in [6.45, 7) is 1.06. The Hall–Kier alpha value is -1.64. The lowest BCUT2D eigenvalue weighted by atomic mass is 10.3. The van der Waals surface area contributed by atoms with Gasteiger partial charge in [-0.05, 0) is 12.1 Å². The molecule has 1 aliphatic rings. The zero-order valence-electron chi connectivity index (χ0n) is 10.4. The number of hydrogen-bond acceptors (Lipinski definition) is 6. The molecule has 0 radical (unpaired) electrons. The van der Waals surface area contributed by atoms with Crippen LogP contribution in [0.1, 0.15) is 5.69 Å². The van der Waals surface area contributed by atoms with Crippen LogP contribution < -0.4 is 14.2 Å². The SMILES string of the molecule is O=S(=O)(NCc1cscn1)c1ccc2c(c1)OCCO2. The molecule has 106 valence electrons. The van der Waals surface area contributed by atoms with E-state index in [0.29, 0.717) is 30.4 Å². The number of thiazole rings is 1. The molecule has 2 aromatic rings. The monoisotopic (exact) mass is 312 g/mol. The van der Waals surface area contributed by atoms with Crippen LogP contribution in [-0.2, 0) is 16.6 Å². The summed E-state index contributed by atoms with van der Waals surface area (Å²) in [5, 5.41) is 1.80.